The summed E-state index contributed by atoms with van der Waals surface area (Å²) in [6.07, 6.45) is -0.499. The highest BCUT2D eigenvalue weighted by Crippen LogP contribution is 2.07. The molecular formula is C9H12N2O2S2. The van der Waals surface area contributed by atoms with E-state index in [1.807, 2.05) is 5.38 Å². The van der Waals surface area contributed by atoms with Crippen molar-refractivity contribution in [2.24, 2.45) is 0 Å². The van der Waals surface area contributed by atoms with Crippen molar-refractivity contribution in [2.75, 3.05) is 6.54 Å². The van der Waals surface area contributed by atoms with Crippen molar-refractivity contribution in [2.45, 2.75) is 13.0 Å². The largest absolute Gasteiger partial charge is 0.392 e. The molecule has 1 amide bonds. The molecule has 15 heavy (non-hydrogen) atoms. The van der Waals surface area contributed by atoms with Gasteiger partial charge in [0.05, 0.1) is 11.0 Å². The lowest BCUT2D eigenvalue weighted by atomic mass is 10.4. The summed E-state index contributed by atoms with van der Waals surface area (Å²) in [6.45, 7) is 1.96. The fourth-order valence-corrected chi connectivity index (χ4v) is 1.65. The second kappa shape index (κ2) is 5.79. The Morgan fingerprint density at radius 2 is 2.47 bits per heavy atom. The number of hydrogen-bond acceptors (Lipinski definition) is 4. The molecular weight excluding hydrogens is 232 g/mol. The normalized spacial score (nSPS) is 11.9. The van der Waals surface area contributed by atoms with Crippen molar-refractivity contribution >= 4 is 34.6 Å². The van der Waals surface area contributed by atoms with Crippen LogP contribution in [0.4, 0.5) is 0 Å². The Labute approximate surface area is 97.3 Å². The topological polar surface area (TPSA) is 61.4 Å². The molecule has 1 rings (SSSR count). The number of amides is 1. The van der Waals surface area contributed by atoms with Crippen LogP contribution in [0.15, 0.2) is 17.5 Å². The van der Waals surface area contributed by atoms with Crippen LogP contribution in [0.3, 0.4) is 0 Å². The summed E-state index contributed by atoms with van der Waals surface area (Å²) in [5.41, 5.74) is 0. The quantitative estimate of drug-likeness (QED) is 0.686. The summed E-state index contributed by atoms with van der Waals surface area (Å²) >= 11 is 6.22. The SMILES string of the molecule is CC(O)CNC(=S)NC(=O)c1cccs1. The summed E-state index contributed by atoms with van der Waals surface area (Å²) in [5, 5.41) is 16.3. The molecule has 1 atom stereocenters. The van der Waals surface area contributed by atoms with Gasteiger partial charge in [-0.2, -0.15) is 0 Å². The molecule has 0 spiro atoms. The second-order valence-electron chi connectivity index (χ2n) is 2.99. The molecule has 0 saturated heterocycles. The standard InChI is InChI=1S/C9H12N2O2S2/c1-6(12)5-10-9(14)11-8(13)7-3-2-4-15-7/h2-4,6,12H,5H2,1H3,(H2,10,11,13,14). The molecule has 6 heteroatoms. The molecule has 0 aromatic carbocycles. The fourth-order valence-electron chi connectivity index (χ4n) is 0.857. The van der Waals surface area contributed by atoms with Crippen molar-refractivity contribution in [3.05, 3.63) is 22.4 Å². The molecule has 1 heterocycles. The van der Waals surface area contributed by atoms with Crippen LogP contribution in [0.25, 0.3) is 0 Å². The van der Waals surface area contributed by atoms with Crippen LogP contribution >= 0.6 is 23.6 Å². The Bertz CT molecular complexity index is 336. The summed E-state index contributed by atoms with van der Waals surface area (Å²) < 4.78 is 0. The van der Waals surface area contributed by atoms with E-state index in [4.69, 9.17) is 17.3 Å². The number of rotatable bonds is 3. The van der Waals surface area contributed by atoms with Gasteiger partial charge < -0.3 is 10.4 Å². The molecule has 1 unspecified atom stereocenters. The number of carbonyl (C=O) groups excluding carboxylic acids is 1. The minimum atomic E-state index is -0.499. The van der Waals surface area contributed by atoms with Gasteiger partial charge in [-0.3, -0.25) is 10.1 Å². The molecule has 0 saturated carbocycles. The van der Waals surface area contributed by atoms with E-state index in [2.05, 4.69) is 10.6 Å². The van der Waals surface area contributed by atoms with Crippen LogP contribution in [0, 0.1) is 0 Å². The third kappa shape index (κ3) is 4.37. The third-order valence-electron chi connectivity index (χ3n) is 1.53. The first-order chi connectivity index (χ1) is 7.09. The maximum Gasteiger partial charge on any atom is 0.267 e. The van der Waals surface area contributed by atoms with Crippen molar-refractivity contribution in [1.29, 1.82) is 0 Å². The van der Waals surface area contributed by atoms with Gasteiger partial charge in [0.15, 0.2) is 5.11 Å². The minimum Gasteiger partial charge on any atom is -0.392 e. The van der Waals surface area contributed by atoms with Gasteiger partial charge in [0.2, 0.25) is 0 Å². The van der Waals surface area contributed by atoms with E-state index in [1.54, 1.807) is 19.1 Å². The number of hydrogen-bond donors (Lipinski definition) is 3. The number of thiophene rings is 1. The Morgan fingerprint density at radius 3 is 3.00 bits per heavy atom. The van der Waals surface area contributed by atoms with E-state index in [-0.39, 0.29) is 11.0 Å². The van der Waals surface area contributed by atoms with Gasteiger partial charge in [-0.05, 0) is 30.6 Å². The first kappa shape index (κ1) is 12.1. The van der Waals surface area contributed by atoms with Gasteiger partial charge in [0, 0.05) is 6.54 Å². The molecule has 1 aromatic heterocycles. The van der Waals surface area contributed by atoms with Gasteiger partial charge in [0.25, 0.3) is 5.91 Å². The zero-order chi connectivity index (χ0) is 11.3. The van der Waals surface area contributed by atoms with E-state index in [1.165, 1.54) is 11.3 Å². The van der Waals surface area contributed by atoms with E-state index in [0.29, 0.717) is 11.4 Å². The molecule has 0 fully saturated rings. The van der Waals surface area contributed by atoms with E-state index >= 15 is 0 Å². The molecule has 4 nitrogen and oxygen atoms in total. The monoisotopic (exact) mass is 244 g/mol. The van der Waals surface area contributed by atoms with Gasteiger partial charge in [0.1, 0.15) is 0 Å². The van der Waals surface area contributed by atoms with Crippen LogP contribution in [0.5, 0.6) is 0 Å². The molecule has 0 aliphatic carbocycles. The Kier molecular flexibility index (Phi) is 4.67. The average Bonchev–Trinajstić information content (AvgIpc) is 2.67. The lowest BCUT2D eigenvalue weighted by molar-refractivity contribution is 0.0980. The Balaban J connectivity index is 2.36. The predicted molar refractivity (Wildman–Crippen MR) is 64.1 cm³/mol. The maximum absolute atomic E-state index is 11.5. The Hall–Kier alpha value is -0.980. The highest BCUT2D eigenvalue weighted by molar-refractivity contribution is 7.80. The van der Waals surface area contributed by atoms with Crippen LogP contribution < -0.4 is 10.6 Å². The lowest BCUT2D eigenvalue weighted by Crippen LogP contribution is -2.41. The van der Waals surface area contributed by atoms with Crippen LogP contribution in [-0.4, -0.2) is 28.8 Å². The van der Waals surface area contributed by atoms with E-state index in [0.717, 1.165) is 0 Å². The molecule has 0 aliphatic rings. The molecule has 1 aromatic rings. The smallest absolute Gasteiger partial charge is 0.267 e. The first-order valence-corrected chi connectivity index (χ1v) is 5.69. The summed E-state index contributed by atoms with van der Waals surface area (Å²) in [4.78, 5) is 12.1. The zero-order valence-corrected chi connectivity index (χ0v) is 9.82. The van der Waals surface area contributed by atoms with E-state index < -0.39 is 6.10 Å². The first-order valence-electron chi connectivity index (χ1n) is 4.40. The maximum atomic E-state index is 11.5. The molecule has 82 valence electrons. The second-order valence-corrected chi connectivity index (χ2v) is 4.35. The van der Waals surface area contributed by atoms with Crippen molar-refractivity contribution in [1.82, 2.24) is 10.6 Å². The van der Waals surface area contributed by atoms with Gasteiger partial charge in [-0.15, -0.1) is 11.3 Å². The van der Waals surface area contributed by atoms with Crippen LogP contribution in [0.1, 0.15) is 16.6 Å². The highest BCUT2D eigenvalue weighted by atomic mass is 32.1. The fraction of sp³-hybridized carbons (Fsp3) is 0.333. The number of aliphatic hydroxyl groups excluding tert-OH is 1. The predicted octanol–water partition coefficient (Wildman–Crippen LogP) is 0.733. The van der Waals surface area contributed by atoms with Gasteiger partial charge in [-0.1, -0.05) is 6.07 Å². The van der Waals surface area contributed by atoms with Crippen LogP contribution in [0.2, 0.25) is 0 Å². The number of carbonyl (C=O) groups is 1. The van der Waals surface area contributed by atoms with E-state index in [9.17, 15) is 4.79 Å². The highest BCUT2D eigenvalue weighted by Gasteiger charge is 2.08. The molecule has 0 radical (unpaired) electrons. The van der Waals surface area contributed by atoms with Crippen molar-refractivity contribution in [3.63, 3.8) is 0 Å². The van der Waals surface area contributed by atoms with Gasteiger partial charge in [-0.25, -0.2) is 0 Å². The van der Waals surface area contributed by atoms with Crippen LogP contribution in [-0.2, 0) is 0 Å². The Morgan fingerprint density at radius 1 is 1.73 bits per heavy atom. The molecule has 3 N–H and O–H groups in total. The third-order valence-corrected chi connectivity index (χ3v) is 2.65. The molecule has 0 aliphatic heterocycles. The minimum absolute atomic E-state index is 0.229. The molecule has 0 bridgehead atoms. The van der Waals surface area contributed by atoms with Crippen molar-refractivity contribution in [3.8, 4) is 0 Å². The van der Waals surface area contributed by atoms with Gasteiger partial charge >= 0.3 is 0 Å². The summed E-state index contributed by atoms with van der Waals surface area (Å²) in [6, 6.07) is 3.52. The zero-order valence-electron chi connectivity index (χ0n) is 8.19. The number of thiocarbonyl (C=S) groups is 1. The summed E-state index contributed by atoms with van der Waals surface area (Å²) in [7, 11) is 0. The summed E-state index contributed by atoms with van der Waals surface area (Å²) in [5.74, 6) is -0.229. The average molecular weight is 244 g/mol. The number of aliphatic hydroxyl groups is 1. The lowest BCUT2D eigenvalue weighted by Gasteiger charge is -2.09. The van der Waals surface area contributed by atoms with Crippen molar-refractivity contribution < 1.29 is 9.90 Å². The number of nitrogens with one attached hydrogen (secondary N) is 2.